The van der Waals surface area contributed by atoms with Crippen molar-refractivity contribution < 1.29 is 24.3 Å². The molecule has 1 atom stereocenters. The van der Waals surface area contributed by atoms with Crippen LogP contribution < -0.4 is 4.74 Å². The van der Waals surface area contributed by atoms with Gasteiger partial charge >= 0.3 is 5.97 Å². The van der Waals surface area contributed by atoms with E-state index in [1.165, 1.54) is 31.2 Å². The molecule has 1 unspecified atom stereocenters. The zero-order valence-corrected chi connectivity index (χ0v) is 13.1. The number of rotatable bonds is 6. The van der Waals surface area contributed by atoms with Crippen molar-refractivity contribution in [1.82, 2.24) is 4.98 Å². The number of phenolic OH excluding ortho intramolecular Hbond substituents is 1. The summed E-state index contributed by atoms with van der Waals surface area (Å²) in [5, 5.41) is 20.7. The number of hydrogen-bond acceptors (Lipinski definition) is 7. The molecular weight excluding hydrogens is 316 g/mol. The van der Waals surface area contributed by atoms with Crippen molar-refractivity contribution in [3.05, 3.63) is 46.6 Å². The number of aromatic nitrogens is 1. The number of carbonyl (C=O) groups excluding carboxylic acids is 1. The number of esters is 1. The molecule has 0 bridgehead atoms. The van der Waals surface area contributed by atoms with Crippen LogP contribution in [0.3, 0.4) is 0 Å². The maximum atomic E-state index is 11.5. The van der Waals surface area contributed by atoms with E-state index >= 15 is 0 Å². The number of ether oxygens (including phenoxy) is 2. The summed E-state index contributed by atoms with van der Waals surface area (Å²) in [6.07, 6.45) is 0.277. The first-order valence-electron chi connectivity index (χ1n) is 7.19. The molecule has 0 saturated heterocycles. The van der Waals surface area contributed by atoms with Crippen LogP contribution in [0, 0.1) is 10.1 Å². The maximum absolute atomic E-state index is 11.5. The lowest BCUT2D eigenvalue weighted by molar-refractivity contribution is -0.385. The third-order valence-corrected chi connectivity index (χ3v) is 3.14. The number of pyridine rings is 1. The Kier molecular flexibility index (Phi) is 5.31. The average molecular weight is 332 g/mol. The van der Waals surface area contributed by atoms with E-state index in [2.05, 4.69) is 4.98 Å². The van der Waals surface area contributed by atoms with E-state index in [0.29, 0.717) is 11.3 Å². The van der Waals surface area contributed by atoms with E-state index in [4.69, 9.17) is 9.47 Å². The topological polar surface area (TPSA) is 112 Å². The minimum absolute atomic E-state index is 0.119. The van der Waals surface area contributed by atoms with Gasteiger partial charge in [-0.2, -0.15) is 0 Å². The van der Waals surface area contributed by atoms with Crippen molar-refractivity contribution in [3.63, 3.8) is 0 Å². The van der Waals surface area contributed by atoms with Gasteiger partial charge in [0, 0.05) is 11.6 Å². The molecule has 0 aliphatic carbocycles. The van der Waals surface area contributed by atoms with Crippen LogP contribution in [0.5, 0.6) is 11.5 Å². The highest BCUT2D eigenvalue weighted by atomic mass is 16.6. The van der Waals surface area contributed by atoms with Crippen LogP contribution in [0.4, 0.5) is 5.69 Å². The van der Waals surface area contributed by atoms with E-state index in [-0.39, 0.29) is 23.8 Å². The van der Waals surface area contributed by atoms with Gasteiger partial charge in [0.25, 0.3) is 5.69 Å². The van der Waals surface area contributed by atoms with Crippen LogP contribution >= 0.6 is 0 Å². The Balaban J connectivity index is 2.17. The highest BCUT2D eigenvalue weighted by molar-refractivity contribution is 5.75. The number of nitrogens with zero attached hydrogens (tertiary/aromatic N) is 2. The number of aromatic hydroxyl groups is 1. The summed E-state index contributed by atoms with van der Waals surface area (Å²) in [4.78, 5) is 25.6. The molecular formula is C16H16N2O6. The smallest absolute Gasteiger partial charge is 0.347 e. The number of carbonyl (C=O) groups is 1. The number of benzene rings is 1. The monoisotopic (exact) mass is 332 g/mol. The van der Waals surface area contributed by atoms with E-state index in [0.717, 1.165) is 6.20 Å². The largest absolute Gasteiger partial charge is 0.504 e. The molecule has 0 fully saturated rings. The summed E-state index contributed by atoms with van der Waals surface area (Å²) in [7, 11) is 0. The summed E-state index contributed by atoms with van der Waals surface area (Å²) >= 11 is 0. The molecule has 1 N–H and O–H groups in total. The predicted octanol–water partition coefficient (Wildman–Crippen LogP) is 2.69. The fourth-order valence-corrected chi connectivity index (χ4v) is 1.94. The number of hydrogen-bond donors (Lipinski definition) is 1. The van der Waals surface area contributed by atoms with Crippen LogP contribution in [-0.2, 0) is 9.53 Å². The van der Waals surface area contributed by atoms with Gasteiger partial charge in [-0.3, -0.25) is 10.1 Å². The molecule has 1 aromatic heterocycles. The molecule has 0 aliphatic rings. The van der Waals surface area contributed by atoms with Crippen LogP contribution in [0.2, 0.25) is 0 Å². The molecule has 8 heteroatoms. The van der Waals surface area contributed by atoms with Gasteiger partial charge in [-0.15, -0.1) is 0 Å². The Hall–Kier alpha value is -3.16. The molecule has 1 aromatic carbocycles. The second-order valence-electron chi connectivity index (χ2n) is 4.85. The SMILES string of the molecule is CCOC(=O)C(C)Oc1ccc(-c2ccc([N+](=O)[O-])cn2)cc1O. The summed E-state index contributed by atoms with van der Waals surface area (Å²) in [6, 6.07) is 7.33. The summed E-state index contributed by atoms with van der Waals surface area (Å²) in [5.74, 6) is -0.581. The summed E-state index contributed by atoms with van der Waals surface area (Å²) in [5.41, 5.74) is 0.894. The summed E-state index contributed by atoms with van der Waals surface area (Å²) < 4.78 is 10.2. The Bertz CT molecular complexity index is 745. The van der Waals surface area contributed by atoms with E-state index in [1.807, 2.05) is 0 Å². The Morgan fingerprint density at radius 1 is 1.38 bits per heavy atom. The second kappa shape index (κ2) is 7.40. The first kappa shape index (κ1) is 17.2. The quantitative estimate of drug-likeness (QED) is 0.491. The van der Waals surface area contributed by atoms with Crippen LogP contribution in [0.1, 0.15) is 13.8 Å². The lowest BCUT2D eigenvalue weighted by Gasteiger charge is -2.14. The van der Waals surface area contributed by atoms with Gasteiger partial charge in [-0.25, -0.2) is 9.78 Å². The van der Waals surface area contributed by atoms with Crippen molar-refractivity contribution in [3.8, 4) is 22.8 Å². The van der Waals surface area contributed by atoms with Crippen LogP contribution in [0.25, 0.3) is 11.3 Å². The van der Waals surface area contributed by atoms with Crippen molar-refractivity contribution >= 4 is 11.7 Å². The molecule has 0 radical (unpaired) electrons. The zero-order valence-electron chi connectivity index (χ0n) is 13.1. The van der Waals surface area contributed by atoms with Crippen molar-refractivity contribution in [2.75, 3.05) is 6.61 Å². The first-order chi connectivity index (χ1) is 11.4. The molecule has 2 aromatic rings. The minimum atomic E-state index is -0.862. The van der Waals surface area contributed by atoms with E-state index in [9.17, 15) is 20.0 Å². The molecule has 24 heavy (non-hydrogen) atoms. The molecule has 0 amide bonds. The summed E-state index contributed by atoms with van der Waals surface area (Å²) in [6.45, 7) is 3.45. The van der Waals surface area contributed by atoms with Gasteiger partial charge in [-0.05, 0) is 38.1 Å². The lowest BCUT2D eigenvalue weighted by atomic mass is 10.1. The van der Waals surface area contributed by atoms with Crippen molar-refractivity contribution in [2.45, 2.75) is 20.0 Å². The highest BCUT2D eigenvalue weighted by Crippen LogP contribution is 2.32. The normalized spacial score (nSPS) is 11.6. The van der Waals surface area contributed by atoms with Crippen molar-refractivity contribution in [1.29, 1.82) is 0 Å². The lowest BCUT2D eigenvalue weighted by Crippen LogP contribution is -2.26. The minimum Gasteiger partial charge on any atom is -0.504 e. The number of phenols is 1. The van der Waals surface area contributed by atoms with Gasteiger partial charge < -0.3 is 14.6 Å². The van der Waals surface area contributed by atoms with Gasteiger partial charge in [0.1, 0.15) is 6.20 Å². The Labute approximate surface area is 137 Å². The molecule has 8 nitrogen and oxygen atoms in total. The third kappa shape index (κ3) is 3.97. The fourth-order valence-electron chi connectivity index (χ4n) is 1.94. The Morgan fingerprint density at radius 2 is 2.12 bits per heavy atom. The zero-order chi connectivity index (χ0) is 17.7. The van der Waals surface area contributed by atoms with Gasteiger partial charge in [0.05, 0.1) is 17.2 Å². The first-order valence-corrected chi connectivity index (χ1v) is 7.19. The van der Waals surface area contributed by atoms with Crippen LogP contribution in [-0.4, -0.2) is 33.7 Å². The number of nitro groups is 1. The second-order valence-corrected chi connectivity index (χ2v) is 4.85. The molecule has 1 heterocycles. The molecule has 2 rings (SSSR count). The van der Waals surface area contributed by atoms with E-state index in [1.54, 1.807) is 13.0 Å². The standard InChI is InChI=1S/C16H16N2O6/c1-3-23-16(20)10(2)24-15-7-4-11(8-14(15)19)13-6-5-12(9-17-13)18(21)22/h4-10,19H,3H2,1-2H3. The fraction of sp³-hybridized carbons (Fsp3) is 0.250. The molecule has 0 saturated carbocycles. The van der Waals surface area contributed by atoms with Gasteiger partial charge in [0.2, 0.25) is 0 Å². The predicted molar refractivity (Wildman–Crippen MR) is 84.7 cm³/mol. The molecule has 126 valence electrons. The maximum Gasteiger partial charge on any atom is 0.347 e. The van der Waals surface area contributed by atoms with Crippen molar-refractivity contribution in [2.24, 2.45) is 0 Å². The van der Waals surface area contributed by atoms with Gasteiger partial charge in [-0.1, -0.05) is 0 Å². The third-order valence-electron chi connectivity index (χ3n) is 3.14. The molecule has 0 aliphatic heterocycles. The Morgan fingerprint density at radius 3 is 2.67 bits per heavy atom. The average Bonchev–Trinajstić information content (AvgIpc) is 2.57. The molecule has 0 spiro atoms. The van der Waals surface area contributed by atoms with Crippen LogP contribution in [0.15, 0.2) is 36.5 Å². The van der Waals surface area contributed by atoms with E-state index < -0.39 is 17.0 Å². The van der Waals surface area contributed by atoms with Gasteiger partial charge in [0.15, 0.2) is 17.6 Å². The highest BCUT2D eigenvalue weighted by Gasteiger charge is 2.18.